The minimum atomic E-state index is -1.15. The molecule has 0 saturated heterocycles. The Hall–Kier alpha value is -3.61. The van der Waals surface area contributed by atoms with Gasteiger partial charge in [-0.1, -0.05) is 29.8 Å². The number of esters is 1. The third-order valence-corrected chi connectivity index (χ3v) is 5.14. The van der Waals surface area contributed by atoms with Gasteiger partial charge in [0.1, 0.15) is 0 Å². The number of Topliss-reactive ketones (excluding diaryl/α,β-unsaturated/α-hetero) is 1. The molecule has 32 heavy (non-hydrogen) atoms. The fourth-order valence-corrected chi connectivity index (χ4v) is 3.27. The molecule has 0 aliphatic heterocycles. The van der Waals surface area contributed by atoms with Crippen LogP contribution in [0.5, 0.6) is 0 Å². The van der Waals surface area contributed by atoms with Crippen molar-refractivity contribution >= 4 is 17.8 Å². The predicted octanol–water partition coefficient (Wildman–Crippen LogP) is 4.96. The highest BCUT2D eigenvalue weighted by Gasteiger charge is 2.20. The first-order valence-corrected chi connectivity index (χ1v) is 10.1. The van der Waals surface area contributed by atoms with E-state index >= 15 is 0 Å². The third-order valence-electron chi connectivity index (χ3n) is 5.14. The number of benzene rings is 2. The zero-order chi connectivity index (χ0) is 23.4. The van der Waals surface area contributed by atoms with E-state index in [0.717, 1.165) is 40.7 Å². The van der Waals surface area contributed by atoms with E-state index in [4.69, 9.17) is 4.74 Å². The molecule has 0 aliphatic rings. The first kappa shape index (κ1) is 23.1. The number of halogens is 2. The minimum Gasteiger partial charge on any atom is -0.451 e. The predicted molar refractivity (Wildman–Crippen MR) is 117 cm³/mol. The number of aromatic nitrogens is 2. The van der Waals surface area contributed by atoms with Crippen LogP contribution >= 0.6 is 0 Å². The number of carbonyl (C=O) groups is 2. The number of carbonyl (C=O) groups excluding carboxylic acids is 2. The smallest absolute Gasteiger partial charge is 0.331 e. The average Bonchev–Trinajstić information content (AvgIpc) is 3.02. The monoisotopic (exact) mass is 438 g/mol. The first-order valence-electron chi connectivity index (χ1n) is 10.1. The van der Waals surface area contributed by atoms with Gasteiger partial charge in [0.05, 0.1) is 12.2 Å². The molecule has 2 aromatic carbocycles. The van der Waals surface area contributed by atoms with E-state index in [1.165, 1.54) is 18.6 Å². The van der Waals surface area contributed by atoms with Crippen molar-refractivity contribution in [1.29, 1.82) is 0 Å². The van der Waals surface area contributed by atoms with Gasteiger partial charge in [0.15, 0.2) is 17.7 Å². The zero-order valence-electron chi connectivity index (χ0n) is 18.4. The molecule has 1 heterocycles. The Morgan fingerprint density at radius 1 is 1.06 bits per heavy atom. The zero-order valence-corrected chi connectivity index (χ0v) is 18.4. The second-order valence-corrected chi connectivity index (χ2v) is 7.63. The standard InChI is InChI=1S/C25H24F2N2O3/c1-15-5-7-19(8-6-15)14-29-17(3)21(16(2)28-29)10-12-24(30)32-18(4)25(31)20-9-11-22(26)23(27)13-20/h5-13,18H,14H2,1-4H3/b12-10+. The summed E-state index contributed by atoms with van der Waals surface area (Å²) < 4.78 is 33.4. The van der Waals surface area contributed by atoms with Crippen LogP contribution in [0.25, 0.3) is 6.08 Å². The molecule has 0 saturated carbocycles. The fourth-order valence-electron chi connectivity index (χ4n) is 3.27. The molecule has 0 aliphatic carbocycles. The van der Waals surface area contributed by atoms with E-state index in [1.807, 2.05) is 49.7 Å². The van der Waals surface area contributed by atoms with E-state index in [-0.39, 0.29) is 5.56 Å². The molecule has 3 rings (SSSR count). The maximum absolute atomic E-state index is 13.4. The molecule has 3 aromatic rings. The van der Waals surface area contributed by atoms with Crippen LogP contribution in [0.4, 0.5) is 8.78 Å². The largest absolute Gasteiger partial charge is 0.451 e. The summed E-state index contributed by atoms with van der Waals surface area (Å²) in [6.45, 7) is 7.77. The van der Waals surface area contributed by atoms with Gasteiger partial charge in [0.25, 0.3) is 0 Å². The van der Waals surface area contributed by atoms with Gasteiger partial charge in [-0.15, -0.1) is 0 Å². The van der Waals surface area contributed by atoms with Gasteiger partial charge in [0.2, 0.25) is 5.78 Å². The van der Waals surface area contributed by atoms with Crippen LogP contribution in [-0.4, -0.2) is 27.6 Å². The molecule has 7 heteroatoms. The van der Waals surface area contributed by atoms with E-state index < -0.39 is 29.5 Å². The van der Waals surface area contributed by atoms with Crippen molar-refractivity contribution in [3.63, 3.8) is 0 Å². The van der Waals surface area contributed by atoms with Crippen molar-refractivity contribution in [2.24, 2.45) is 0 Å². The van der Waals surface area contributed by atoms with Gasteiger partial charge >= 0.3 is 5.97 Å². The number of ketones is 1. The minimum absolute atomic E-state index is 0.0720. The number of hydrogen-bond donors (Lipinski definition) is 0. The van der Waals surface area contributed by atoms with Gasteiger partial charge in [0, 0.05) is 22.9 Å². The topological polar surface area (TPSA) is 61.2 Å². The van der Waals surface area contributed by atoms with E-state index in [0.29, 0.717) is 6.54 Å². The number of aryl methyl sites for hydroxylation is 2. The van der Waals surface area contributed by atoms with Crippen molar-refractivity contribution in [2.75, 3.05) is 0 Å². The Kier molecular flexibility index (Phi) is 6.98. The highest BCUT2D eigenvalue weighted by atomic mass is 19.2. The summed E-state index contributed by atoms with van der Waals surface area (Å²) in [5, 5.41) is 4.54. The molecule has 0 fully saturated rings. The Morgan fingerprint density at radius 3 is 2.41 bits per heavy atom. The maximum Gasteiger partial charge on any atom is 0.331 e. The Morgan fingerprint density at radius 2 is 1.75 bits per heavy atom. The lowest BCUT2D eigenvalue weighted by molar-refractivity contribution is -0.140. The summed E-state index contributed by atoms with van der Waals surface area (Å²) in [4.78, 5) is 24.5. The lowest BCUT2D eigenvalue weighted by Gasteiger charge is -2.11. The SMILES string of the molecule is Cc1ccc(Cn2nc(C)c(/C=C/C(=O)OC(C)C(=O)c3ccc(F)c(F)c3)c2C)cc1. The summed E-state index contributed by atoms with van der Waals surface area (Å²) in [5.41, 5.74) is 4.65. The van der Waals surface area contributed by atoms with Crippen LogP contribution < -0.4 is 0 Å². The molecule has 0 spiro atoms. The van der Waals surface area contributed by atoms with Crippen molar-refractivity contribution in [3.05, 3.63) is 93.8 Å². The number of rotatable bonds is 7. The Balaban J connectivity index is 1.67. The maximum atomic E-state index is 13.4. The first-order chi connectivity index (χ1) is 15.2. The molecule has 5 nitrogen and oxygen atoms in total. The van der Waals surface area contributed by atoms with Gasteiger partial charge in [-0.3, -0.25) is 9.48 Å². The summed E-state index contributed by atoms with van der Waals surface area (Å²) in [6, 6.07) is 11.0. The second kappa shape index (κ2) is 9.68. The number of hydrogen-bond acceptors (Lipinski definition) is 4. The van der Waals surface area contributed by atoms with Crippen LogP contribution in [-0.2, 0) is 16.1 Å². The third kappa shape index (κ3) is 5.35. The summed E-state index contributed by atoms with van der Waals surface area (Å²) in [6.07, 6.45) is 1.67. The van der Waals surface area contributed by atoms with Gasteiger partial charge in [-0.2, -0.15) is 5.10 Å². The van der Waals surface area contributed by atoms with E-state index in [2.05, 4.69) is 5.10 Å². The Labute approximate surface area is 185 Å². The molecule has 1 aromatic heterocycles. The van der Waals surface area contributed by atoms with Crippen LogP contribution in [0.1, 0.15) is 45.4 Å². The Bertz CT molecular complexity index is 1180. The molecule has 0 radical (unpaired) electrons. The van der Waals surface area contributed by atoms with Crippen LogP contribution in [0, 0.1) is 32.4 Å². The lowest BCUT2D eigenvalue weighted by Crippen LogP contribution is -2.23. The number of ether oxygens (including phenoxy) is 1. The highest BCUT2D eigenvalue weighted by Crippen LogP contribution is 2.17. The summed E-state index contributed by atoms with van der Waals surface area (Å²) in [7, 11) is 0. The van der Waals surface area contributed by atoms with Crippen molar-refractivity contribution in [1.82, 2.24) is 9.78 Å². The van der Waals surface area contributed by atoms with E-state index in [9.17, 15) is 18.4 Å². The molecule has 1 unspecified atom stereocenters. The van der Waals surface area contributed by atoms with Crippen LogP contribution in [0.2, 0.25) is 0 Å². The molecule has 1 atom stereocenters. The quantitative estimate of drug-likeness (QED) is 0.297. The molecular weight excluding hydrogens is 414 g/mol. The van der Waals surface area contributed by atoms with E-state index in [1.54, 1.807) is 6.08 Å². The van der Waals surface area contributed by atoms with Gasteiger partial charge in [-0.25, -0.2) is 13.6 Å². The lowest BCUT2D eigenvalue weighted by atomic mass is 10.1. The number of nitrogens with zero attached hydrogens (tertiary/aromatic N) is 2. The molecule has 0 bridgehead atoms. The van der Waals surface area contributed by atoms with Crippen molar-refractivity contribution in [3.8, 4) is 0 Å². The van der Waals surface area contributed by atoms with Crippen molar-refractivity contribution < 1.29 is 23.1 Å². The molecule has 0 amide bonds. The normalized spacial score (nSPS) is 12.2. The van der Waals surface area contributed by atoms with Crippen LogP contribution in [0.3, 0.4) is 0 Å². The molecular formula is C25H24F2N2O3. The summed E-state index contributed by atoms with van der Waals surface area (Å²) >= 11 is 0. The van der Waals surface area contributed by atoms with Crippen LogP contribution in [0.15, 0.2) is 48.5 Å². The molecule has 0 N–H and O–H groups in total. The van der Waals surface area contributed by atoms with Gasteiger partial charge in [-0.05, 0) is 57.5 Å². The van der Waals surface area contributed by atoms with Gasteiger partial charge < -0.3 is 4.74 Å². The average molecular weight is 438 g/mol. The molecule has 166 valence electrons. The van der Waals surface area contributed by atoms with Crippen molar-refractivity contribution in [2.45, 2.75) is 40.3 Å². The summed E-state index contributed by atoms with van der Waals surface area (Å²) in [5.74, 6) is -3.53. The fraction of sp³-hybridized carbons (Fsp3) is 0.240. The second-order valence-electron chi connectivity index (χ2n) is 7.63. The highest BCUT2D eigenvalue weighted by molar-refractivity contribution is 6.01.